The van der Waals surface area contributed by atoms with Crippen molar-refractivity contribution >= 4 is 27.3 Å². The fourth-order valence-corrected chi connectivity index (χ4v) is 3.16. The minimum Gasteiger partial charge on any atom is -0.330 e. The predicted molar refractivity (Wildman–Crippen MR) is 63.4 cm³/mol. The third-order valence-corrected chi connectivity index (χ3v) is 3.74. The quantitative estimate of drug-likeness (QED) is 0.807. The Bertz CT molecular complexity index is 257. The molecule has 0 aliphatic heterocycles. The maximum absolute atomic E-state index is 5.44. The smallest absolute Gasteiger partial charge is 0.0704 e. The Morgan fingerprint density at radius 1 is 1.38 bits per heavy atom. The van der Waals surface area contributed by atoms with Crippen LogP contribution in [-0.2, 0) is 6.42 Å². The van der Waals surface area contributed by atoms with Crippen molar-refractivity contribution in [3.05, 3.63) is 20.3 Å². The molecule has 1 nitrogen and oxygen atoms in total. The molecule has 0 radical (unpaired) electrons. The molecule has 0 fully saturated rings. The molecule has 3 heteroatoms. The molecule has 0 amide bonds. The maximum Gasteiger partial charge on any atom is 0.0704 e. The van der Waals surface area contributed by atoms with Crippen LogP contribution in [0.15, 0.2) is 9.85 Å². The first-order valence-electron chi connectivity index (χ1n) is 4.69. The van der Waals surface area contributed by atoms with Gasteiger partial charge in [0, 0.05) is 4.88 Å². The van der Waals surface area contributed by atoms with E-state index in [-0.39, 0.29) is 0 Å². The van der Waals surface area contributed by atoms with Crippen LogP contribution in [0.4, 0.5) is 0 Å². The first kappa shape index (κ1) is 11.2. The zero-order valence-corrected chi connectivity index (χ0v) is 10.4. The number of hydrogen-bond donors (Lipinski definition) is 1. The molecular formula is C10H16BrNS. The van der Waals surface area contributed by atoms with Gasteiger partial charge in [-0.05, 0) is 60.3 Å². The summed E-state index contributed by atoms with van der Waals surface area (Å²) in [5.74, 6) is 0. The van der Waals surface area contributed by atoms with E-state index in [1.165, 1.54) is 33.5 Å². The first-order valence-corrected chi connectivity index (χ1v) is 6.30. The summed E-state index contributed by atoms with van der Waals surface area (Å²) in [6, 6.07) is 2.24. The molecule has 1 rings (SSSR count). The molecule has 1 aromatic rings. The molecule has 2 N–H and O–H groups in total. The SMILES string of the molecule is Cc1sc(Br)cc1CCCCCN. The Kier molecular flexibility index (Phi) is 4.99. The lowest BCUT2D eigenvalue weighted by molar-refractivity contribution is 0.686. The molecule has 0 spiro atoms. The lowest BCUT2D eigenvalue weighted by Gasteiger charge is -1.98. The molecule has 74 valence electrons. The molecule has 0 saturated carbocycles. The van der Waals surface area contributed by atoms with Crippen LogP contribution in [0.5, 0.6) is 0 Å². The van der Waals surface area contributed by atoms with E-state index in [2.05, 4.69) is 28.9 Å². The van der Waals surface area contributed by atoms with Crippen LogP contribution < -0.4 is 5.73 Å². The molecule has 0 unspecified atom stereocenters. The number of thiophene rings is 1. The minimum atomic E-state index is 0.826. The summed E-state index contributed by atoms with van der Waals surface area (Å²) in [6.07, 6.45) is 4.88. The Balaban J connectivity index is 2.32. The van der Waals surface area contributed by atoms with E-state index in [1.54, 1.807) is 0 Å². The van der Waals surface area contributed by atoms with E-state index in [0.717, 1.165) is 13.0 Å². The average molecular weight is 262 g/mol. The van der Waals surface area contributed by atoms with E-state index in [9.17, 15) is 0 Å². The summed E-state index contributed by atoms with van der Waals surface area (Å²) in [5.41, 5.74) is 6.93. The van der Waals surface area contributed by atoms with Gasteiger partial charge < -0.3 is 5.73 Å². The number of nitrogens with two attached hydrogens (primary N) is 1. The molecule has 0 atom stereocenters. The van der Waals surface area contributed by atoms with Crippen molar-refractivity contribution in [3.8, 4) is 0 Å². The van der Waals surface area contributed by atoms with E-state index in [0.29, 0.717) is 0 Å². The van der Waals surface area contributed by atoms with E-state index in [1.807, 2.05) is 11.3 Å². The highest BCUT2D eigenvalue weighted by atomic mass is 79.9. The largest absolute Gasteiger partial charge is 0.330 e. The van der Waals surface area contributed by atoms with Gasteiger partial charge in [0.05, 0.1) is 3.79 Å². The molecule has 0 saturated heterocycles. The van der Waals surface area contributed by atoms with Crippen molar-refractivity contribution < 1.29 is 0 Å². The normalized spacial score (nSPS) is 10.7. The second-order valence-corrected chi connectivity index (χ2v) is 5.87. The second kappa shape index (κ2) is 5.78. The zero-order chi connectivity index (χ0) is 9.68. The summed E-state index contributed by atoms with van der Waals surface area (Å²) in [7, 11) is 0. The lowest BCUT2D eigenvalue weighted by Crippen LogP contribution is -1.98. The first-order chi connectivity index (χ1) is 6.24. The highest BCUT2D eigenvalue weighted by Crippen LogP contribution is 2.27. The highest BCUT2D eigenvalue weighted by molar-refractivity contribution is 9.11. The summed E-state index contributed by atoms with van der Waals surface area (Å²) >= 11 is 5.33. The summed E-state index contributed by atoms with van der Waals surface area (Å²) in [5, 5.41) is 0. The molecule has 13 heavy (non-hydrogen) atoms. The summed E-state index contributed by atoms with van der Waals surface area (Å²) < 4.78 is 1.25. The Morgan fingerprint density at radius 2 is 2.15 bits per heavy atom. The monoisotopic (exact) mass is 261 g/mol. The molecular weight excluding hydrogens is 246 g/mol. The summed E-state index contributed by atoms with van der Waals surface area (Å²) in [4.78, 5) is 1.44. The van der Waals surface area contributed by atoms with Crippen LogP contribution in [0.1, 0.15) is 29.7 Å². The van der Waals surface area contributed by atoms with Gasteiger partial charge in [0.25, 0.3) is 0 Å². The Labute approximate surface area is 92.5 Å². The van der Waals surface area contributed by atoms with Crippen molar-refractivity contribution in [3.63, 3.8) is 0 Å². The standard InChI is InChI=1S/C10H16BrNS/c1-8-9(7-10(11)13-8)5-3-2-4-6-12/h7H,2-6,12H2,1H3. The zero-order valence-electron chi connectivity index (χ0n) is 7.98. The minimum absolute atomic E-state index is 0.826. The van der Waals surface area contributed by atoms with Crippen LogP contribution in [0.25, 0.3) is 0 Å². The van der Waals surface area contributed by atoms with Gasteiger partial charge in [-0.3, -0.25) is 0 Å². The Hall–Kier alpha value is 0.140. The summed E-state index contributed by atoms with van der Waals surface area (Å²) in [6.45, 7) is 3.01. The van der Waals surface area contributed by atoms with Crippen molar-refractivity contribution in [2.45, 2.75) is 32.6 Å². The Morgan fingerprint density at radius 3 is 2.69 bits per heavy atom. The molecule has 1 aromatic heterocycles. The third kappa shape index (κ3) is 3.79. The average Bonchev–Trinajstić information content (AvgIpc) is 2.39. The van der Waals surface area contributed by atoms with Gasteiger partial charge in [-0.2, -0.15) is 0 Å². The van der Waals surface area contributed by atoms with Gasteiger partial charge in [-0.25, -0.2) is 0 Å². The lowest BCUT2D eigenvalue weighted by atomic mass is 10.1. The van der Waals surface area contributed by atoms with Crippen LogP contribution >= 0.6 is 27.3 Å². The van der Waals surface area contributed by atoms with Gasteiger partial charge in [0.2, 0.25) is 0 Å². The molecule has 0 aliphatic carbocycles. The van der Waals surface area contributed by atoms with Gasteiger partial charge in [0.1, 0.15) is 0 Å². The van der Waals surface area contributed by atoms with Crippen molar-refractivity contribution in [1.82, 2.24) is 0 Å². The van der Waals surface area contributed by atoms with Crippen LogP contribution in [0.3, 0.4) is 0 Å². The highest BCUT2D eigenvalue weighted by Gasteiger charge is 2.02. The van der Waals surface area contributed by atoms with Crippen LogP contribution in [0, 0.1) is 6.92 Å². The topological polar surface area (TPSA) is 26.0 Å². The predicted octanol–water partition coefficient (Wildman–Crippen LogP) is 3.49. The van der Waals surface area contributed by atoms with Gasteiger partial charge in [0.15, 0.2) is 0 Å². The maximum atomic E-state index is 5.44. The van der Waals surface area contributed by atoms with Crippen LogP contribution in [-0.4, -0.2) is 6.54 Å². The van der Waals surface area contributed by atoms with E-state index >= 15 is 0 Å². The van der Waals surface area contributed by atoms with Gasteiger partial charge >= 0.3 is 0 Å². The number of unbranched alkanes of at least 4 members (excludes halogenated alkanes) is 2. The number of rotatable bonds is 5. The van der Waals surface area contributed by atoms with Crippen LogP contribution in [0.2, 0.25) is 0 Å². The van der Waals surface area contributed by atoms with E-state index in [4.69, 9.17) is 5.73 Å². The van der Waals surface area contributed by atoms with Gasteiger partial charge in [-0.1, -0.05) is 6.42 Å². The van der Waals surface area contributed by atoms with E-state index < -0.39 is 0 Å². The number of halogens is 1. The fraction of sp³-hybridized carbons (Fsp3) is 0.600. The van der Waals surface area contributed by atoms with Gasteiger partial charge in [-0.15, -0.1) is 11.3 Å². The van der Waals surface area contributed by atoms with Crippen molar-refractivity contribution in [1.29, 1.82) is 0 Å². The second-order valence-electron chi connectivity index (χ2n) is 3.23. The molecule has 1 heterocycles. The number of aryl methyl sites for hydroxylation is 2. The fourth-order valence-electron chi connectivity index (χ4n) is 1.36. The third-order valence-electron chi connectivity index (χ3n) is 2.14. The van der Waals surface area contributed by atoms with Crippen molar-refractivity contribution in [2.24, 2.45) is 5.73 Å². The molecule has 0 bridgehead atoms. The molecule has 0 aliphatic rings. The number of hydrogen-bond acceptors (Lipinski definition) is 2. The van der Waals surface area contributed by atoms with Crippen molar-refractivity contribution in [2.75, 3.05) is 6.54 Å². The molecule has 0 aromatic carbocycles.